The first-order valence-electron chi connectivity index (χ1n) is 8.28. The zero-order valence-corrected chi connectivity index (χ0v) is 14.5. The molecule has 7 heteroatoms. The smallest absolute Gasteiger partial charge is 0.324 e. The molecule has 1 aliphatic rings. The average molecular weight is 323 g/mol. The predicted octanol–water partition coefficient (Wildman–Crippen LogP) is 0.651. The normalized spacial score (nSPS) is 29.8. The van der Waals surface area contributed by atoms with E-state index in [0.29, 0.717) is 19.2 Å². The average Bonchev–Trinajstić information content (AvgIpc) is 2.44. The first-order valence-corrected chi connectivity index (χ1v) is 8.28. The fourth-order valence-corrected chi connectivity index (χ4v) is 3.20. The third-order valence-electron chi connectivity index (χ3n) is 4.99. The lowest BCUT2D eigenvalue weighted by atomic mass is 9.67. The highest BCUT2D eigenvalue weighted by molar-refractivity contribution is 6.08. The second-order valence-electron chi connectivity index (χ2n) is 7.86. The van der Waals surface area contributed by atoms with E-state index in [9.17, 15) is 14.7 Å². The van der Waals surface area contributed by atoms with Crippen LogP contribution in [0.2, 0.25) is 6.32 Å². The van der Waals surface area contributed by atoms with Crippen molar-refractivity contribution in [2.24, 2.45) is 28.7 Å². The number of carboxylic acid groups (broad SMARTS) is 1. The van der Waals surface area contributed by atoms with Crippen LogP contribution in [-0.4, -0.2) is 43.0 Å². The Morgan fingerprint density at radius 2 is 2.00 bits per heavy atom. The summed E-state index contributed by atoms with van der Waals surface area (Å²) in [6, 6.07) is -0.645. The largest absolute Gasteiger partial charge is 0.480 e. The molecule has 6 N–H and O–H groups in total. The lowest BCUT2D eigenvalue weighted by molar-refractivity contribution is -0.148. The topological polar surface area (TPSA) is 118 Å². The minimum atomic E-state index is -1.32. The van der Waals surface area contributed by atoms with Gasteiger partial charge in [0.25, 0.3) is 0 Å². The maximum Gasteiger partial charge on any atom is 0.324 e. The van der Waals surface area contributed by atoms with Crippen LogP contribution in [0.25, 0.3) is 0 Å². The number of amides is 1. The fourth-order valence-electron chi connectivity index (χ4n) is 3.20. The number of carboxylic acids is 1. The van der Waals surface area contributed by atoms with Gasteiger partial charge in [-0.3, -0.25) is 9.59 Å². The summed E-state index contributed by atoms with van der Waals surface area (Å²) in [5.74, 6) is -1.36. The lowest BCUT2D eigenvalue weighted by Crippen LogP contribution is -2.61. The number of nitrogens with one attached hydrogen (secondary N) is 1. The molecule has 0 heterocycles. The van der Waals surface area contributed by atoms with Gasteiger partial charge in [-0.2, -0.15) is 0 Å². The first kappa shape index (κ1) is 20.0. The molecule has 0 unspecified atom stereocenters. The number of hydrogen-bond donors (Lipinski definition) is 4. The van der Waals surface area contributed by atoms with Crippen molar-refractivity contribution in [2.45, 2.75) is 64.4 Å². The maximum absolute atomic E-state index is 12.1. The summed E-state index contributed by atoms with van der Waals surface area (Å²) in [6.45, 7) is 5.90. The fraction of sp³-hybridized carbons (Fsp3) is 0.875. The van der Waals surface area contributed by atoms with E-state index >= 15 is 0 Å². The molecule has 0 saturated heterocycles. The predicted molar refractivity (Wildman–Crippen MR) is 91.0 cm³/mol. The third-order valence-corrected chi connectivity index (χ3v) is 4.99. The Hall–Kier alpha value is -1.08. The van der Waals surface area contributed by atoms with Crippen LogP contribution in [-0.2, 0) is 9.59 Å². The standard InChI is InChI=1S/C16H30BN3O3/c1-15(2,3)12(18)13(21)20-9-11-5-4-10(6-7-17)8-16(11,19)14(22)23/h10-12H,4-9,18-19H2,1-3H3,(H,20,21)(H,22,23)/t10-,11-,12+,16+/m0/s1. The van der Waals surface area contributed by atoms with Crippen LogP contribution in [0.15, 0.2) is 0 Å². The number of nitrogens with two attached hydrogens (primary N) is 2. The Morgan fingerprint density at radius 1 is 1.39 bits per heavy atom. The second-order valence-corrected chi connectivity index (χ2v) is 7.86. The van der Waals surface area contributed by atoms with E-state index in [1.54, 1.807) is 0 Å². The van der Waals surface area contributed by atoms with E-state index in [1.807, 2.05) is 20.8 Å². The third kappa shape index (κ3) is 4.95. The van der Waals surface area contributed by atoms with Crippen LogP contribution in [0.4, 0.5) is 0 Å². The van der Waals surface area contributed by atoms with E-state index < -0.39 is 17.6 Å². The van der Waals surface area contributed by atoms with Crippen molar-refractivity contribution in [1.29, 1.82) is 0 Å². The molecule has 130 valence electrons. The summed E-state index contributed by atoms with van der Waals surface area (Å²) in [5, 5.41) is 12.3. The molecule has 1 rings (SSSR count). The van der Waals surface area contributed by atoms with Gasteiger partial charge in [0.15, 0.2) is 0 Å². The van der Waals surface area contributed by atoms with Gasteiger partial charge in [-0.25, -0.2) is 0 Å². The highest BCUT2D eigenvalue weighted by Gasteiger charge is 2.46. The first-order chi connectivity index (χ1) is 10.5. The molecule has 0 spiro atoms. The van der Waals surface area contributed by atoms with Crippen molar-refractivity contribution in [3.63, 3.8) is 0 Å². The number of hydrogen-bond acceptors (Lipinski definition) is 4. The summed E-state index contributed by atoms with van der Waals surface area (Å²) >= 11 is 0. The Bertz CT molecular complexity index is 439. The van der Waals surface area contributed by atoms with Crippen molar-refractivity contribution < 1.29 is 14.7 Å². The molecule has 4 atom stereocenters. The summed E-state index contributed by atoms with van der Waals surface area (Å²) in [7, 11) is 5.57. The Labute approximate surface area is 140 Å². The van der Waals surface area contributed by atoms with Crippen molar-refractivity contribution in [3.8, 4) is 0 Å². The highest BCUT2D eigenvalue weighted by Crippen LogP contribution is 2.37. The van der Waals surface area contributed by atoms with Crippen molar-refractivity contribution in [2.75, 3.05) is 6.54 Å². The molecule has 0 aliphatic heterocycles. The van der Waals surface area contributed by atoms with Crippen LogP contribution in [0.5, 0.6) is 0 Å². The van der Waals surface area contributed by atoms with Gasteiger partial charge in [-0.05, 0) is 30.6 Å². The van der Waals surface area contributed by atoms with Crippen molar-refractivity contribution >= 4 is 19.7 Å². The monoisotopic (exact) mass is 323 g/mol. The molecule has 1 aliphatic carbocycles. The van der Waals surface area contributed by atoms with Gasteiger partial charge in [0, 0.05) is 12.5 Å². The molecule has 1 saturated carbocycles. The Balaban J connectivity index is 2.71. The summed E-state index contributed by atoms with van der Waals surface area (Å²) < 4.78 is 0. The van der Waals surface area contributed by atoms with Gasteiger partial charge in [0.2, 0.25) is 5.91 Å². The molecule has 6 nitrogen and oxygen atoms in total. The zero-order valence-electron chi connectivity index (χ0n) is 14.5. The van der Waals surface area contributed by atoms with Gasteiger partial charge in [-0.15, -0.1) is 0 Å². The molecule has 2 radical (unpaired) electrons. The van der Waals surface area contributed by atoms with E-state index in [1.165, 1.54) is 0 Å². The molecule has 23 heavy (non-hydrogen) atoms. The van der Waals surface area contributed by atoms with Gasteiger partial charge in [-0.1, -0.05) is 33.5 Å². The van der Waals surface area contributed by atoms with Gasteiger partial charge in [0.05, 0.1) is 13.9 Å². The van der Waals surface area contributed by atoms with E-state index in [0.717, 1.165) is 12.8 Å². The molecule has 1 fully saturated rings. The van der Waals surface area contributed by atoms with Crippen LogP contribution >= 0.6 is 0 Å². The molecular formula is C16H30BN3O3. The van der Waals surface area contributed by atoms with Crippen LogP contribution in [0.3, 0.4) is 0 Å². The molecule has 0 aromatic heterocycles. The number of carbonyl (C=O) groups is 2. The van der Waals surface area contributed by atoms with Crippen LogP contribution < -0.4 is 16.8 Å². The van der Waals surface area contributed by atoms with Crippen LogP contribution in [0.1, 0.15) is 46.5 Å². The highest BCUT2D eigenvalue weighted by atomic mass is 16.4. The molecular weight excluding hydrogens is 293 g/mol. The second kappa shape index (κ2) is 7.66. The number of rotatable bonds is 6. The van der Waals surface area contributed by atoms with Gasteiger partial charge in [0.1, 0.15) is 5.54 Å². The minimum absolute atomic E-state index is 0.227. The quantitative estimate of drug-likeness (QED) is 0.535. The molecule has 1 amide bonds. The summed E-state index contributed by atoms with van der Waals surface area (Å²) in [4.78, 5) is 23.8. The summed E-state index contributed by atoms with van der Waals surface area (Å²) in [5.41, 5.74) is 10.4. The SMILES string of the molecule is [B]CC[C@@H]1CC[C@@H](CNC(=O)[C@@H](N)C(C)(C)C)[C@@](N)(C(=O)O)C1. The summed E-state index contributed by atoms with van der Waals surface area (Å²) in [6.07, 6.45) is 3.25. The number of carbonyl (C=O) groups excluding carboxylic acids is 1. The van der Waals surface area contributed by atoms with E-state index in [-0.39, 0.29) is 29.7 Å². The van der Waals surface area contributed by atoms with E-state index in [2.05, 4.69) is 5.32 Å². The van der Waals surface area contributed by atoms with Crippen molar-refractivity contribution in [3.05, 3.63) is 0 Å². The molecule has 0 bridgehead atoms. The zero-order chi connectivity index (χ0) is 17.8. The minimum Gasteiger partial charge on any atom is -0.480 e. The van der Waals surface area contributed by atoms with Crippen molar-refractivity contribution in [1.82, 2.24) is 5.32 Å². The molecule has 0 aromatic rings. The van der Waals surface area contributed by atoms with Crippen LogP contribution in [0, 0.1) is 17.3 Å². The van der Waals surface area contributed by atoms with Gasteiger partial charge < -0.3 is 21.9 Å². The van der Waals surface area contributed by atoms with E-state index in [4.69, 9.17) is 19.3 Å². The van der Waals surface area contributed by atoms with Gasteiger partial charge >= 0.3 is 5.97 Å². The lowest BCUT2D eigenvalue weighted by Gasteiger charge is -2.42. The Kier molecular flexibility index (Phi) is 6.65. The number of aliphatic carboxylic acids is 1. The maximum atomic E-state index is 12.1. The molecule has 0 aromatic carbocycles. The Morgan fingerprint density at radius 3 is 2.48 bits per heavy atom.